The number of amides is 1. The molecule has 1 aliphatic carbocycles. The number of H-pyrrole nitrogens is 1. The monoisotopic (exact) mass is 450 g/mol. The number of carbonyl (C=O) groups is 2. The molecule has 33 heavy (non-hydrogen) atoms. The van der Waals surface area contributed by atoms with Gasteiger partial charge in [-0.05, 0) is 48.1 Å². The van der Waals surface area contributed by atoms with Crippen LogP contribution in [0.3, 0.4) is 0 Å². The van der Waals surface area contributed by atoms with Gasteiger partial charge >= 0.3 is 5.97 Å². The van der Waals surface area contributed by atoms with Crippen LogP contribution < -0.4 is 5.32 Å². The van der Waals surface area contributed by atoms with Crippen molar-refractivity contribution >= 4 is 11.9 Å². The normalized spacial score (nSPS) is 18.9. The first kappa shape index (κ1) is 22.6. The van der Waals surface area contributed by atoms with E-state index in [9.17, 15) is 19.1 Å². The van der Waals surface area contributed by atoms with Crippen LogP contribution in [-0.2, 0) is 9.59 Å². The van der Waals surface area contributed by atoms with E-state index in [1.165, 1.54) is 0 Å². The highest BCUT2D eigenvalue weighted by molar-refractivity contribution is 5.85. The minimum Gasteiger partial charge on any atom is -0.481 e. The maximum atomic E-state index is 14.8. The van der Waals surface area contributed by atoms with E-state index < -0.39 is 29.8 Å². The van der Waals surface area contributed by atoms with Crippen LogP contribution in [0.2, 0.25) is 0 Å². The Bertz CT molecular complexity index is 1150. The molecule has 0 saturated heterocycles. The molecule has 2 aromatic heterocycles. The third-order valence-corrected chi connectivity index (χ3v) is 6.31. The Morgan fingerprint density at radius 2 is 1.94 bits per heavy atom. The molecule has 0 spiro atoms. The van der Waals surface area contributed by atoms with Crippen molar-refractivity contribution in [2.45, 2.75) is 45.1 Å². The number of benzene rings is 1. The molecular formula is C25H27FN4O3. The highest BCUT2D eigenvalue weighted by Crippen LogP contribution is 2.34. The number of hydrogen-bond acceptors (Lipinski definition) is 4. The van der Waals surface area contributed by atoms with Crippen LogP contribution in [0.4, 0.5) is 4.39 Å². The van der Waals surface area contributed by atoms with Gasteiger partial charge in [0.25, 0.3) is 0 Å². The van der Waals surface area contributed by atoms with Gasteiger partial charge in [-0.25, -0.2) is 4.98 Å². The Labute approximate surface area is 191 Å². The fourth-order valence-electron chi connectivity index (χ4n) is 4.50. The summed E-state index contributed by atoms with van der Waals surface area (Å²) in [6.07, 6.45) is 3.32. The molecule has 0 radical (unpaired) electrons. The van der Waals surface area contributed by atoms with E-state index in [0.29, 0.717) is 36.1 Å². The molecule has 4 rings (SSSR count). The number of carbonyl (C=O) groups excluding carboxylic acids is 1. The zero-order chi connectivity index (χ0) is 23.5. The number of aromatic amines is 1. The largest absolute Gasteiger partial charge is 0.481 e. The van der Waals surface area contributed by atoms with Crippen molar-refractivity contribution in [1.29, 1.82) is 0 Å². The molecule has 1 fully saturated rings. The van der Waals surface area contributed by atoms with Crippen LogP contribution in [0, 0.1) is 17.8 Å². The fourth-order valence-corrected chi connectivity index (χ4v) is 4.50. The van der Waals surface area contributed by atoms with Crippen molar-refractivity contribution in [3.63, 3.8) is 0 Å². The molecule has 1 aromatic carbocycles. The molecule has 1 amide bonds. The van der Waals surface area contributed by atoms with Crippen molar-refractivity contribution in [2.75, 3.05) is 0 Å². The highest BCUT2D eigenvalue weighted by atomic mass is 19.1. The number of nitrogens with one attached hydrogen (secondary N) is 2. The van der Waals surface area contributed by atoms with E-state index in [1.54, 1.807) is 18.3 Å². The van der Waals surface area contributed by atoms with Crippen molar-refractivity contribution < 1.29 is 19.1 Å². The molecule has 172 valence electrons. The molecule has 3 N–H and O–H groups in total. The lowest BCUT2D eigenvalue weighted by atomic mass is 9.93. The molecule has 0 aliphatic heterocycles. The Morgan fingerprint density at radius 3 is 2.61 bits per heavy atom. The standard InChI is InChI=1S/C25H27FN4O3/c1-14(2)17-9-10-21(28-23(17)26)22(29-24(31)18-7-4-8-19(18)25(32)33)16-6-3-5-15(13-16)20-11-12-27-30-20/h3,5-6,9-14,18-19,22H,4,7-8H2,1-2H3,(H,27,30)(H,29,31)(H,32,33)/t18-,19+,22+/m1/s1. The van der Waals surface area contributed by atoms with Crippen LogP contribution in [0.25, 0.3) is 11.3 Å². The Kier molecular flexibility index (Phi) is 6.53. The van der Waals surface area contributed by atoms with Gasteiger partial charge in [-0.15, -0.1) is 0 Å². The van der Waals surface area contributed by atoms with Crippen molar-refractivity contribution in [1.82, 2.24) is 20.5 Å². The number of carboxylic acids is 1. The molecule has 2 heterocycles. The average molecular weight is 451 g/mol. The smallest absolute Gasteiger partial charge is 0.307 e. The molecule has 8 heteroatoms. The predicted octanol–water partition coefficient (Wildman–Crippen LogP) is 4.44. The first-order chi connectivity index (χ1) is 15.8. The second-order valence-electron chi connectivity index (χ2n) is 8.79. The van der Waals surface area contributed by atoms with Crippen molar-refractivity contribution in [3.05, 3.63) is 71.4 Å². The molecule has 3 atom stereocenters. The maximum Gasteiger partial charge on any atom is 0.307 e. The first-order valence-electron chi connectivity index (χ1n) is 11.1. The molecular weight excluding hydrogens is 423 g/mol. The van der Waals surface area contributed by atoms with E-state index in [1.807, 2.05) is 44.2 Å². The van der Waals surface area contributed by atoms with Crippen LogP contribution in [0.5, 0.6) is 0 Å². The molecule has 0 bridgehead atoms. The molecule has 1 aliphatic rings. The van der Waals surface area contributed by atoms with E-state index >= 15 is 0 Å². The third-order valence-electron chi connectivity index (χ3n) is 6.31. The number of hydrogen-bond donors (Lipinski definition) is 3. The Balaban J connectivity index is 1.71. The van der Waals surface area contributed by atoms with Crippen LogP contribution in [0.1, 0.15) is 61.9 Å². The first-order valence-corrected chi connectivity index (χ1v) is 11.1. The van der Waals surface area contributed by atoms with Gasteiger partial charge < -0.3 is 10.4 Å². The lowest BCUT2D eigenvalue weighted by molar-refractivity contribution is -0.146. The molecule has 3 aromatic rings. The highest BCUT2D eigenvalue weighted by Gasteiger charge is 2.38. The summed E-state index contributed by atoms with van der Waals surface area (Å²) in [5, 5.41) is 19.4. The maximum absolute atomic E-state index is 14.8. The van der Waals surface area contributed by atoms with Gasteiger partial charge in [-0.2, -0.15) is 9.49 Å². The number of nitrogens with zero attached hydrogens (tertiary/aromatic N) is 2. The second-order valence-corrected chi connectivity index (χ2v) is 8.79. The summed E-state index contributed by atoms with van der Waals surface area (Å²) in [6.45, 7) is 3.78. The van der Waals surface area contributed by atoms with Gasteiger partial charge in [0.15, 0.2) is 0 Å². The number of aliphatic carboxylic acids is 1. The summed E-state index contributed by atoms with van der Waals surface area (Å²) in [5.41, 5.74) is 3.23. The summed E-state index contributed by atoms with van der Waals surface area (Å²) < 4.78 is 14.8. The van der Waals surface area contributed by atoms with E-state index in [0.717, 1.165) is 11.3 Å². The average Bonchev–Trinajstić information content (AvgIpc) is 3.49. The van der Waals surface area contributed by atoms with E-state index in [2.05, 4.69) is 20.5 Å². The fraction of sp³-hybridized carbons (Fsp3) is 0.360. The summed E-state index contributed by atoms with van der Waals surface area (Å²) >= 11 is 0. The number of pyridine rings is 1. The molecule has 7 nitrogen and oxygen atoms in total. The van der Waals surface area contributed by atoms with E-state index in [-0.39, 0.29) is 11.8 Å². The predicted molar refractivity (Wildman–Crippen MR) is 121 cm³/mol. The number of halogens is 1. The zero-order valence-electron chi connectivity index (χ0n) is 18.6. The lowest BCUT2D eigenvalue weighted by Crippen LogP contribution is -2.38. The summed E-state index contributed by atoms with van der Waals surface area (Å²) in [4.78, 5) is 29.0. The van der Waals surface area contributed by atoms with Crippen molar-refractivity contribution in [2.24, 2.45) is 11.8 Å². The number of rotatable bonds is 7. The lowest BCUT2D eigenvalue weighted by Gasteiger charge is -2.23. The van der Waals surface area contributed by atoms with Gasteiger partial charge in [-0.1, -0.05) is 44.5 Å². The van der Waals surface area contributed by atoms with Gasteiger partial charge in [0, 0.05) is 11.8 Å². The minimum atomic E-state index is -0.962. The van der Waals surface area contributed by atoms with Gasteiger partial charge in [0.05, 0.1) is 29.3 Å². The zero-order valence-corrected chi connectivity index (χ0v) is 18.6. The van der Waals surface area contributed by atoms with Gasteiger partial charge in [-0.3, -0.25) is 14.7 Å². The second kappa shape index (κ2) is 9.52. The minimum absolute atomic E-state index is 0.0295. The van der Waals surface area contributed by atoms with Gasteiger partial charge in [0.2, 0.25) is 11.9 Å². The Morgan fingerprint density at radius 1 is 1.15 bits per heavy atom. The van der Waals surface area contributed by atoms with Crippen molar-refractivity contribution in [3.8, 4) is 11.3 Å². The molecule has 0 unspecified atom stereocenters. The summed E-state index contributed by atoms with van der Waals surface area (Å²) in [6, 6.07) is 12.0. The molecule has 1 saturated carbocycles. The number of aromatic nitrogens is 3. The number of carboxylic acid groups (broad SMARTS) is 1. The quantitative estimate of drug-likeness (QED) is 0.461. The summed E-state index contributed by atoms with van der Waals surface area (Å²) in [7, 11) is 0. The van der Waals surface area contributed by atoms with Gasteiger partial charge in [0.1, 0.15) is 0 Å². The van der Waals surface area contributed by atoms with Crippen LogP contribution in [-0.4, -0.2) is 32.2 Å². The topological polar surface area (TPSA) is 108 Å². The summed E-state index contributed by atoms with van der Waals surface area (Å²) in [5.74, 6) is -3.26. The van der Waals surface area contributed by atoms with Crippen LogP contribution in [0.15, 0.2) is 48.7 Å². The van der Waals surface area contributed by atoms with E-state index in [4.69, 9.17) is 0 Å². The Hall–Kier alpha value is -3.55. The SMILES string of the molecule is CC(C)c1ccc([C@@H](NC(=O)[C@@H]2CCC[C@@H]2C(=O)O)c2cccc(-c3ccn[nH]3)c2)nc1F. The van der Waals surface area contributed by atoms with Crippen LogP contribution >= 0.6 is 0 Å². The third kappa shape index (κ3) is 4.79.